The lowest BCUT2D eigenvalue weighted by Gasteiger charge is -2.24. The number of benzene rings is 1. The van der Waals surface area contributed by atoms with Crippen molar-refractivity contribution in [1.29, 1.82) is 0 Å². The first-order valence-electron chi connectivity index (χ1n) is 7.52. The number of sulfone groups is 1. The van der Waals surface area contributed by atoms with Gasteiger partial charge in [-0.2, -0.15) is 0 Å². The molecule has 2 rings (SSSR count). The van der Waals surface area contributed by atoms with Crippen molar-refractivity contribution in [3.05, 3.63) is 24.3 Å². The Labute approximate surface area is 122 Å². The van der Waals surface area contributed by atoms with Crippen LogP contribution in [0.1, 0.15) is 46.0 Å². The Balaban J connectivity index is 1.98. The van der Waals surface area contributed by atoms with E-state index < -0.39 is 9.84 Å². The minimum atomic E-state index is -3.10. The summed E-state index contributed by atoms with van der Waals surface area (Å²) >= 11 is 0. The summed E-state index contributed by atoms with van der Waals surface area (Å²) in [6.45, 7) is 5.18. The van der Waals surface area contributed by atoms with Crippen molar-refractivity contribution in [3.8, 4) is 0 Å². The zero-order valence-electron chi connectivity index (χ0n) is 12.5. The third kappa shape index (κ3) is 3.75. The Kier molecular flexibility index (Phi) is 4.74. The molecule has 0 spiro atoms. The van der Waals surface area contributed by atoms with Crippen LogP contribution >= 0.6 is 0 Å². The van der Waals surface area contributed by atoms with E-state index in [1.807, 2.05) is 19.1 Å². The van der Waals surface area contributed by atoms with Crippen molar-refractivity contribution in [1.82, 2.24) is 0 Å². The summed E-state index contributed by atoms with van der Waals surface area (Å²) in [4.78, 5) is 0.428. The van der Waals surface area contributed by atoms with Gasteiger partial charge in [-0.1, -0.05) is 26.7 Å². The maximum absolute atomic E-state index is 11.9. The normalized spacial score (nSPS) is 18.1. The molecule has 0 radical (unpaired) electrons. The first kappa shape index (κ1) is 15.4. The lowest BCUT2D eigenvalue weighted by molar-refractivity contribution is 0.362. The number of anilines is 1. The SMILES string of the molecule is CCCS(=O)(=O)c1ccc(NCC2(C)CCCC2)cc1. The Morgan fingerprint density at radius 3 is 2.30 bits per heavy atom. The van der Waals surface area contributed by atoms with Crippen molar-refractivity contribution in [3.63, 3.8) is 0 Å². The van der Waals surface area contributed by atoms with Crippen LogP contribution in [-0.2, 0) is 9.84 Å². The molecule has 0 unspecified atom stereocenters. The van der Waals surface area contributed by atoms with E-state index in [1.165, 1.54) is 25.7 Å². The second-order valence-corrected chi connectivity index (χ2v) is 8.32. The lowest BCUT2D eigenvalue weighted by Crippen LogP contribution is -2.22. The fourth-order valence-corrected chi connectivity index (χ4v) is 4.21. The Morgan fingerprint density at radius 1 is 1.15 bits per heavy atom. The van der Waals surface area contributed by atoms with Crippen LogP contribution in [-0.4, -0.2) is 20.7 Å². The van der Waals surface area contributed by atoms with E-state index >= 15 is 0 Å². The van der Waals surface area contributed by atoms with E-state index in [-0.39, 0.29) is 5.75 Å². The number of hydrogen-bond donors (Lipinski definition) is 1. The Hall–Kier alpha value is -1.03. The predicted octanol–water partition coefficient (Wildman–Crippen LogP) is 3.86. The van der Waals surface area contributed by atoms with Crippen LogP contribution in [0.3, 0.4) is 0 Å². The van der Waals surface area contributed by atoms with Gasteiger partial charge in [0.15, 0.2) is 9.84 Å². The second kappa shape index (κ2) is 6.17. The van der Waals surface area contributed by atoms with Gasteiger partial charge < -0.3 is 5.32 Å². The fraction of sp³-hybridized carbons (Fsp3) is 0.625. The molecule has 112 valence electrons. The van der Waals surface area contributed by atoms with Crippen LogP contribution in [0.4, 0.5) is 5.69 Å². The average molecular weight is 295 g/mol. The van der Waals surface area contributed by atoms with Gasteiger partial charge in [0.1, 0.15) is 0 Å². The third-order valence-corrected chi connectivity index (χ3v) is 6.15. The summed E-state index contributed by atoms with van der Waals surface area (Å²) in [5, 5.41) is 3.44. The standard InChI is InChI=1S/C16H25NO2S/c1-3-12-20(18,19)15-8-6-14(7-9-15)17-13-16(2)10-4-5-11-16/h6-9,17H,3-5,10-13H2,1-2H3. The highest BCUT2D eigenvalue weighted by molar-refractivity contribution is 7.91. The van der Waals surface area contributed by atoms with E-state index in [0.717, 1.165) is 12.2 Å². The number of hydrogen-bond acceptors (Lipinski definition) is 3. The maximum Gasteiger partial charge on any atom is 0.178 e. The molecule has 4 heteroatoms. The molecule has 0 saturated heterocycles. The van der Waals surface area contributed by atoms with Crippen LogP contribution in [0.2, 0.25) is 0 Å². The van der Waals surface area contributed by atoms with Crippen molar-refractivity contribution >= 4 is 15.5 Å². The molecule has 1 N–H and O–H groups in total. The summed E-state index contributed by atoms with van der Waals surface area (Å²) in [6, 6.07) is 7.18. The number of rotatable bonds is 6. The van der Waals surface area contributed by atoms with E-state index in [2.05, 4.69) is 12.2 Å². The lowest BCUT2D eigenvalue weighted by atomic mass is 9.89. The van der Waals surface area contributed by atoms with Gasteiger partial charge in [0.2, 0.25) is 0 Å². The van der Waals surface area contributed by atoms with Crippen molar-refractivity contribution < 1.29 is 8.42 Å². The largest absolute Gasteiger partial charge is 0.384 e. The van der Waals surface area contributed by atoms with Crippen LogP contribution in [0.15, 0.2) is 29.2 Å². The summed E-state index contributed by atoms with van der Waals surface area (Å²) < 4.78 is 23.9. The first-order chi connectivity index (χ1) is 9.45. The molecule has 0 amide bonds. The molecule has 0 atom stereocenters. The maximum atomic E-state index is 11.9. The molecule has 1 fully saturated rings. The van der Waals surface area contributed by atoms with Gasteiger partial charge in [-0.25, -0.2) is 8.42 Å². The average Bonchev–Trinajstić information content (AvgIpc) is 2.84. The van der Waals surface area contributed by atoms with Crippen molar-refractivity contribution in [2.45, 2.75) is 50.8 Å². The van der Waals surface area contributed by atoms with Crippen LogP contribution < -0.4 is 5.32 Å². The monoisotopic (exact) mass is 295 g/mol. The van der Waals surface area contributed by atoms with Gasteiger partial charge in [-0.05, 0) is 48.9 Å². The van der Waals surface area contributed by atoms with E-state index in [9.17, 15) is 8.42 Å². The summed E-state index contributed by atoms with van der Waals surface area (Å²) in [5.74, 6) is 0.220. The zero-order chi connectivity index (χ0) is 14.6. The molecule has 0 aliphatic heterocycles. The molecular weight excluding hydrogens is 270 g/mol. The minimum Gasteiger partial charge on any atom is -0.384 e. The van der Waals surface area contributed by atoms with Crippen molar-refractivity contribution in [2.75, 3.05) is 17.6 Å². The van der Waals surface area contributed by atoms with Gasteiger partial charge in [0.05, 0.1) is 10.6 Å². The Bertz CT molecular complexity index is 528. The topological polar surface area (TPSA) is 46.2 Å². The van der Waals surface area contributed by atoms with Crippen LogP contribution in [0.25, 0.3) is 0 Å². The Morgan fingerprint density at radius 2 is 1.75 bits per heavy atom. The first-order valence-corrected chi connectivity index (χ1v) is 9.17. The van der Waals surface area contributed by atoms with Crippen molar-refractivity contribution in [2.24, 2.45) is 5.41 Å². The van der Waals surface area contributed by atoms with E-state index in [0.29, 0.717) is 16.7 Å². The zero-order valence-corrected chi connectivity index (χ0v) is 13.3. The summed E-state index contributed by atoms with van der Waals surface area (Å²) in [6.07, 6.45) is 5.87. The molecule has 1 aliphatic rings. The van der Waals surface area contributed by atoms with Gasteiger partial charge in [-0.15, -0.1) is 0 Å². The van der Waals surface area contributed by atoms with Gasteiger partial charge >= 0.3 is 0 Å². The van der Waals surface area contributed by atoms with Crippen LogP contribution in [0.5, 0.6) is 0 Å². The van der Waals surface area contributed by atoms with E-state index in [1.54, 1.807) is 12.1 Å². The molecular formula is C16H25NO2S. The molecule has 1 aromatic carbocycles. The molecule has 0 heterocycles. The summed E-state index contributed by atoms with van der Waals surface area (Å²) in [5.41, 5.74) is 1.40. The molecule has 1 aromatic rings. The second-order valence-electron chi connectivity index (χ2n) is 6.21. The molecule has 0 aromatic heterocycles. The highest BCUT2D eigenvalue weighted by Crippen LogP contribution is 2.37. The smallest absolute Gasteiger partial charge is 0.178 e. The van der Waals surface area contributed by atoms with Gasteiger partial charge in [0.25, 0.3) is 0 Å². The summed E-state index contributed by atoms with van der Waals surface area (Å²) in [7, 11) is -3.10. The van der Waals surface area contributed by atoms with Gasteiger partial charge in [0, 0.05) is 12.2 Å². The van der Waals surface area contributed by atoms with Crippen LogP contribution in [0, 0.1) is 5.41 Å². The molecule has 3 nitrogen and oxygen atoms in total. The molecule has 1 saturated carbocycles. The minimum absolute atomic E-state index is 0.220. The highest BCUT2D eigenvalue weighted by atomic mass is 32.2. The highest BCUT2D eigenvalue weighted by Gasteiger charge is 2.28. The third-order valence-electron chi connectivity index (χ3n) is 4.22. The molecule has 1 aliphatic carbocycles. The quantitative estimate of drug-likeness (QED) is 0.866. The van der Waals surface area contributed by atoms with E-state index in [4.69, 9.17) is 0 Å². The molecule has 0 bridgehead atoms. The number of nitrogens with one attached hydrogen (secondary N) is 1. The fourth-order valence-electron chi connectivity index (χ4n) is 2.89. The molecule has 20 heavy (non-hydrogen) atoms. The predicted molar refractivity (Wildman–Crippen MR) is 83.9 cm³/mol. The van der Waals surface area contributed by atoms with Gasteiger partial charge in [-0.3, -0.25) is 0 Å².